The smallest absolute Gasteiger partial charge is 0.0798 e. The molecular weight excluding hydrogens is 242 g/mol. The highest BCUT2D eigenvalue weighted by Gasteiger charge is 2.37. The SMILES string of the molecule is CNC1CC2CCCC(C1)N2Cc1scnc1C. The van der Waals surface area contributed by atoms with Gasteiger partial charge in [-0.2, -0.15) is 0 Å². The van der Waals surface area contributed by atoms with Gasteiger partial charge in [0.1, 0.15) is 0 Å². The minimum atomic E-state index is 0.735. The van der Waals surface area contributed by atoms with Gasteiger partial charge in [0, 0.05) is 29.5 Å². The van der Waals surface area contributed by atoms with E-state index in [9.17, 15) is 0 Å². The van der Waals surface area contributed by atoms with Crippen LogP contribution in [0, 0.1) is 6.92 Å². The van der Waals surface area contributed by atoms with Gasteiger partial charge in [0.15, 0.2) is 0 Å². The molecule has 1 N–H and O–H groups in total. The quantitative estimate of drug-likeness (QED) is 0.910. The molecule has 0 aromatic carbocycles. The first-order chi connectivity index (χ1) is 8.78. The third kappa shape index (κ3) is 2.33. The lowest BCUT2D eigenvalue weighted by atomic mass is 9.81. The van der Waals surface area contributed by atoms with Gasteiger partial charge in [0.05, 0.1) is 11.2 Å². The molecule has 1 aromatic rings. The lowest BCUT2D eigenvalue weighted by molar-refractivity contribution is 0.0197. The molecule has 0 saturated carbocycles. The molecule has 2 bridgehead atoms. The lowest BCUT2D eigenvalue weighted by Crippen LogP contribution is -2.55. The van der Waals surface area contributed by atoms with E-state index in [1.165, 1.54) is 42.7 Å². The molecule has 2 fully saturated rings. The summed E-state index contributed by atoms with van der Waals surface area (Å²) in [6.07, 6.45) is 6.83. The van der Waals surface area contributed by atoms with Crippen LogP contribution in [-0.2, 0) is 6.54 Å². The van der Waals surface area contributed by atoms with Crippen molar-refractivity contribution in [2.24, 2.45) is 0 Å². The van der Waals surface area contributed by atoms with Crippen molar-refractivity contribution in [1.82, 2.24) is 15.2 Å². The van der Waals surface area contributed by atoms with Crippen molar-refractivity contribution < 1.29 is 0 Å². The summed E-state index contributed by atoms with van der Waals surface area (Å²) in [4.78, 5) is 8.62. The van der Waals surface area contributed by atoms with Gasteiger partial charge in [-0.05, 0) is 39.7 Å². The summed E-state index contributed by atoms with van der Waals surface area (Å²) in [5, 5.41) is 3.49. The van der Waals surface area contributed by atoms with Crippen LogP contribution in [0.1, 0.15) is 42.7 Å². The van der Waals surface area contributed by atoms with E-state index in [4.69, 9.17) is 0 Å². The van der Waals surface area contributed by atoms with Crippen molar-refractivity contribution in [2.45, 2.75) is 63.7 Å². The van der Waals surface area contributed by atoms with E-state index < -0.39 is 0 Å². The van der Waals surface area contributed by atoms with Crippen molar-refractivity contribution in [2.75, 3.05) is 7.05 Å². The van der Waals surface area contributed by atoms with E-state index >= 15 is 0 Å². The number of fused-ring (bicyclic) bond motifs is 2. The summed E-state index contributed by atoms with van der Waals surface area (Å²) >= 11 is 1.82. The van der Waals surface area contributed by atoms with Crippen LogP contribution in [0.4, 0.5) is 0 Å². The fraction of sp³-hybridized carbons (Fsp3) is 0.786. The number of piperidine rings is 2. The molecule has 0 aliphatic carbocycles. The van der Waals surface area contributed by atoms with Gasteiger partial charge in [-0.15, -0.1) is 11.3 Å². The van der Waals surface area contributed by atoms with Crippen LogP contribution in [0.25, 0.3) is 0 Å². The zero-order chi connectivity index (χ0) is 12.5. The van der Waals surface area contributed by atoms with E-state index in [-0.39, 0.29) is 0 Å². The van der Waals surface area contributed by atoms with Crippen LogP contribution in [0.15, 0.2) is 5.51 Å². The summed E-state index contributed by atoms with van der Waals surface area (Å²) in [5.41, 5.74) is 3.22. The number of hydrogen-bond donors (Lipinski definition) is 1. The van der Waals surface area contributed by atoms with Crippen molar-refractivity contribution in [3.05, 3.63) is 16.1 Å². The number of hydrogen-bond acceptors (Lipinski definition) is 4. The van der Waals surface area contributed by atoms with Gasteiger partial charge in [-0.25, -0.2) is 4.98 Å². The molecule has 100 valence electrons. The molecule has 0 spiro atoms. The largest absolute Gasteiger partial charge is 0.317 e. The molecule has 2 aliphatic rings. The Labute approximate surface area is 114 Å². The topological polar surface area (TPSA) is 28.2 Å². The molecule has 4 heteroatoms. The number of aryl methyl sites for hydroxylation is 1. The van der Waals surface area contributed by atoms with Crippen molar-refractivity contribution >= 4 is 11.3 Å². The Kier molecular flexibility index (Phi) is 3.68. The minimum Gasteiger partial charge on any atom is -0.317 e. The third-order valence-corrected chi connectivity index (χ3v) is 5.63. The average Bonchev–Trinajstić information content (AvgIpc) is 2.75. The molecule has 2 unspecified atom stereocenters. The standard InChI is InChI=1S/C14H23N3S/c1-10-14(18-9-16-10)8-17-12-4-3-5-13(17)7-11(6-12)15-2/h9,11-13,15H,3-8H2,1-2H3. The molecule has 2 atom stereocenters. The summed E-state index contributed by atoms with van der Waals surface area (Å²) in [6.45, 7) is 3.27. The summed E-state index contributed by atoms with van der Waals surface area (Å²) in [6, 6.07) is 2.31. The van der Waals surface area contributed by atoms with Crippen LogP contribution < -0.4 is 5.32 Å². The van der Waals surface area contributed by atoms with Gasteiger partial charge >= 0.3 is 0 Å². The molecular formula is C14H23N3S. The van der Waals surface area contributed by atoms with Crippen molar-refractivity contribution in [1.29, 1.82) is 0 Å². The monoisotopic (exact) mass is 265 g/mol. The number of nitrogens with zero attached hydrogens (tertiary/aromatic N) is 2. The maximum atomic E-state index is 4.39. The van der Waals surface area contributed by atoms with Crippen LogP contribution in [-0.4, -0.2) is 35.1 Å². The first kappa shape index (κ1) is 12.6. The van der Waals surface area contributed by atoms with Crippen molar-refractivity contribution in [3.8, 4) is 0 Å². The van der Waals surface area contributed by atoms with Crippen LogP contribution in [0.3, 0.4) is 0 Å². The summed E-state index contributed by atoms with van der Waals surface area (Å²) in [5.74, 6) is 0. The van der Waals surface area contributed by atoms with Gasteiger partial charge in [0.25, 0.3) is 0 Å². The number of thiazole rings is 1. The number of nitrogens with one attached hydrogen (secondary N) is 1. The molecule has 18 heavy (non-hydrogen) atoms. The Bertz CT molecular complexity index is 389. The second kappa shape index (κ2) is 5.27. The third-order valence-electron chi connectivity index (χ3n) is 4.71. The highest BCUT2D eigenvalue weighted by Crippen LogP contribution is 2.35. The van der Waals surface area contributed by atoms with Crippen LogP contribution >= 0.6 is 11.3 Å². The Morgan fingerprint density at radius 2 is 2.11 bits per heavy atom. The maximum absolute atomic E-state index is 4.39. The van der Waals surface area contributed by atoms with E-state index in [0.717, 1.165) is 24.7 Å². The van der Waals surface area contributed by atoms with Gasteiger partial charge in [-0.1, -0.05) is 6.42 Å². The zero-order valence-corrected chi connectivity index (χ0v) is 12.2. The first-order valence-electron chi connectivity index (χ1n) is 7.10. The number of rotatable bonds is 3. The lowest BCUT2D eigenvalue weighted by Gasteiger charge is -2.48. The zero-order valence-electron chi connectivity index (χ0n) is 11.4. The highest BCUT2D eigenvalue weighted by molar-refractivity contribution is 7.09. The Morgan fingerprint density at radius 1 is 1.39 bits per heavy atom. The Hall–Kier alpha value is -0.450. The predicted octanol–water partition coefficient (Wildman–Crippen LogP) is 2.56. The maximum Gasteiger partial charge on any atom is 0.0798 e. The molecule has 3 nitrogen and oxygen atoms in total. The fourth-order valence-electron chi connectivity index (χ4n) is 3.62. The minimum absolute atomic E-state index is 0.735. The first-order valence-corrected chi connectivity index (χ1v) is 7.98. The summed E-state index contributed by atoms with van der Waals surface area (Å²) < 4.78 is 0. The van der Waals surface area contributed by atoms with Gasteiger partial charge in [0.2, 0.25) is 0 Å². The second-order valence-corrected chi connectivity index (χ2v) is 6.67. The van der Waals surface area contributed by atoms with E-state index in [2.05, 4.69) is 29.2 Å². The molecule has 3 rings (SSSR count). The van der Waals surface area contributed by atoms with Crippen LogP contribution in [0.2, 0.25) is 0 Å². The highest BCUT2D eigenvalue weighted by atomic mass is 32.1. The van der Waals surface area contributed by atoms with E-state index in [0.29, 0.717) is 0 Å². The Morgan fingerprint density at radius 3 is 2.67 bits per heavy atom. The van der Waals surface area contributed by atoms with Gasteiger partial charge in [-0.3, -0.25) is 4.90 Å². The molecule has 0 radical (unpaired) electrons. The Balaban J connectivity index is 1.74. The predicted molar refractivity (Wildman–Crippen MR) is 75.9 cm³/mol. The molecule has 2 saturated heterocycles. The molecule has 3 heterocycles. The van der Waals surface area contributed by atoms with Gasteiger partial charge < -0.3 is 5.32 Å². The second-order valence-electron chi connectivity index (χ2n) is 5.73. The molecule has 2 aliphatic heterocycles. The van der Waals surface area contributed by atoms with E-state index in [1.807, 2.05) is 16.8 Å². The summed E-state index contributed by atoms with van der Waals surface area (Å²) in [7, 11) is 2.11. The number of aromatic nitrogens is 1. The molecule has 1 aromatic heterocycles. The average molecular weight is 265 g/mol. The van der Waals surface area contributed by atoms with Crippen molar-refractivity contribution in [3.63, 3.8) is 0 Å². The normalized spacial score (nSPS) is 32.7. The molecule has 0 amide bonds. The van der Waals surface area contributed by atoms with E-state index in [1.54, 1.807) is 0 Å². The van der Waals surface area contributed by atoms with Crippen LogP contribution in [0.5, 0.6) is 0 Å². The fourth-order valence-corrected chi connectivity index (χ4v) is 4.40.